The second-order valence-corrected chi connectivity index (χ2v) is 7.78. The molecule has 0 spiro atoms. The minimum Gasteiger partial charge on any atom is -0.290 e. The number of allylic oxidation sites excluding steroid dienone is 4. The number of rotatable bonds is 8. The maximum absolute atomic E-state index is 11.6. The van der Waals surface area contributed by atoms with E-state index < -0.39 is 0 Å². The van der Waals surface area contributed by atoms with E-state index in [-0.39, 0.29) is 52.4 Å². The van der Waals surface area contributed by atoms with E-state index in [4.69, 9.17) is 0 Å². The topological polar surface area (TPSA) is 34.1 Å². The van der Waals surface area contributed by atoms with E-state index in [9.17, 15) is 9.59 Å². The quantitative estimate of drug-likeness (QED) is 0.140. The van der Waals surface area contributed by atoms with Crippen LogP contribution in [0.5, 0.6) is 0 Å². The Balaban J connectivity index is 0.000000361. The molecule has 0 unspecified atom stereocenters. The molecule has 0 heterocycles. The van der Waals surface area contributed by atoms with E-state index in [1.54, 1.807) is 24.3 Å². The molecule has 0 aliphatic heterocycles. The zero-order valence-corrected chi connectivity index (χ0v) is 23.7. The number of benzene rings is 4. The second-order valence-electron chi connectivity index (χ2n) is 7.78. The molecule has 196 valence electrons. The molecule has 0 amide bonds. The summed E-state index contributed by atoms with van der Waals surface area (Å²) >= 11 is 0. The van der Waals surface area contributed by atoms with Crippen molar-refractivity contribution in [3.63, 3.8) is 0 Å². The van der Waals surface area contributed by atoms with Crippen LogP contribution >= 0.6 is 0 Å². The molecule has 4 aromatic rings. The molecule has 4 heteroatoms. The first-order valence-electron chi connectivity index (χ1n) is 11.7. The third-order valence-electron chi connectivity index (χ3n) is 4.96. The summed E-state index contributed by atoms with van der Waals surface area (Å²) in [5.74, 6) is -0.0228. The van der Waals surface area contributed by atoms with Gasteiger partial charge in [-0.1, -0.05) is 146 Å². The van der Waals surface area contributed by atoms with Crippen LogP contribution in [0, 0.1) is 0 Å². The molecule has 0 aliphatic carbocycles. The minimum absolute atomic E-state index is 0. The van der Waals surface area contributed by atoms with E-state index in [0.29, 0.717) is 0 Å². The maximum Gasteiger partial charge on any atom is 0.178 e. The van der Waals surface area contributed by atoms with Gasteiger partial charge in [0.15, 0.2) is 11.6 Å². The van der Waals surface area contributed by atoms with Crippen LogP contribution in [0.25, 0.3) is 24.3 Å². The molecule has 0 saturated heterocycles. The fraction of sp³-hybridized carbons (Fsp3) is 0. The van der Waals surface area contributed by atoms with E-state index >= 15 is 0 Å². The molecule has 38 heavy (non-hydrogen) atoms. The monoisotopic (exact) mass is 680 g/mol. The van der Waals surface area contributed by atoms with Crippen molar-refractivity contribution in [1.82, 2.24) is 0 Å². The van der Waals surface area contributed by atoms with Crippen LogP contribution < -0.4 is 0 Å². The largest absolute Gasteiger partial charge is 0.290 e. The van der Waals surface area contributed by atoms with E-state index in [2.05, 4.69) is 0 Å². The van der Waals surface area contributed by atoms with Gasteiger partial charge >= 0.3 is 0 Å². The average molecular weight is 681 g/mol. The number of hydrogen-bond acceptors (Lipinski definition) is 2. The van der Waals surface area contributed by atoms with Gasteiger partial charge in [0.2, 0.25) is 0 Å². The number of ketones is 2. The Labute approximate surface area is 252 Å². The van der Waals surface area contributed by atoms with Crippen molar-refractivity contribution in [2.75, 3.05) is 0 Å². The minimum atomic E-state index is -0.0114. The third kappa shape index (κ3) is 13.7. The van der Waals surface area contributed by atoms with Gasteiger partial charge in [0.1, 0.15) is 0 Å². The van der Waals surface area contributed by atoms with Gasteiger partial charge in [0.05, 0.1) is 0 Å². The summed E-state index contributed by atoms with van der Waals surface area (Å²) in [4.78, 5) is 23.2. The first-order valence-corrected chi connectivity index (χ1v) is 11.7. The summed E-state index contributed by atoms with van der Waals surface area (Å²) < 4.78 is 0. The first kappa shape index (κ1) is 32.5. The Kier molecular flexibility index (Phi) is 16.8. The Morgan fingerprint density at radius 3 is 0.711 bits per heavy atom. The smallest absolute Gasteiger partial charge is 0.178 e. The van der Waals surface area contributed by atoms with Gasteiger partial charge in [-0.2, -0.15) is 0 Å². The molecule has 0 atom stereocenters. The normalized spacial score (nSPS) is 10.5. The SMILES string of the molecule is O=C(/C=C/c1ccccc1)/C=C/c1ccccc1.O=C(/C=C/c1ccccc1)/C=C/c1ccccc1.[Pd].[Pd]. The van der Waals surface area contributed by atoms with Gasteiger partial charge in [-0.05, 0) is 46.6 Å². The summed E-state index contributed by atoms with van der Waals surface area (Å²) in [5, 5.41) is 0. The molecule has 0 radical (unpaired) electrons. The van der Waals surface area contributed by atoms with Gasteiger partial charge in [0.25, 0.3) is 0 Å². The fourth-order valence-electron chi connectivity index (χ4n) is 3.08. The van der Waals surface area contributed by atoms with Crippen LogP contribution in [0.15, 0.2) is 146 Å². The predicted octanol–water partition coefficient (Wildman–Crippen LogP) is 7.96. The van der Waals surface area contributed by atoms with Gasteiger partial charge in [-0.25, -0.2) is 0 Å². The van der Waals surface area contributed by atoms with Crippen LogP contribution in [0.3, 0.4) is 0 Å². The van der Waals surface area contributed by atoms with Crippen molar-refractivity contribution in [2.24, 2.45) is 0 Å². The predicted molar refractivity (Wildman–Crippen MR) is 152 cm³/mol. The van der Waals surface area contributed by atoms with Gasteiger partial charge in [0, 0.05) is 40.8 Å². The molecular formula is C34H28O2Pd2. The number of carbonyl (C=O) groups excluding carboxylic acids is 2. The molecule has 2 nitrogen and oxygen atoms in total. The van der Waals surface area contributed by atoms with Crippen molar-refractivity contribution in [2.45, 2.75) is 0 Å². The summed E-state index contributed by atoms with van der Waals surface area (Å²) in [7, 11) is 0. The molecule has 4 aromatic carbocycles. The molecule has 0 aliphatic rings. The molecule has 0 bridgehead atoms. The van der Waals surface area contributed by atoms with Gasteiger partial charge in [-0.3, -0.25) is 9.59 Å². The van der Waals surface area contributed by atoms with Crippen LogP contribution in [0.1, 0.15) is 22.3 Å². The van der Waals surface area contributed by atoms with Gasteiger partial charge < -0.3 is 0 Å². The fourth-order valence-corrected chi connectivity index (χ4v) is 3.08. The Morgan fingerprint density at radius 1 is 0.342 bits per heavy atom. The van der Waals surface area contributed by atoms with Crippen LogP contribution in [-0.2, 0) is 50.4 Å². The Bertz CT molecular complexity index is 1120. The summed E-state index contributed by atoms with van der Waals surface area (Å²) in [5.41, 5.74) is 4.11. The molecule has 0 fully saturated rings. The van der Waals surface area contributed by atoms with Crippen molar-refractivity contribution < 1.29 is 50.4 Å². The molecule has 4 rings (SSSR count). The van der Waals surface area contributed by atoms with E-state index in [0.717, 1.165) is 22.3 Å². The third-order valence-corrected chi connectivity index (χ3v) is 4.96. The van der Waals surface area contributed by atoms with Crippen molar-refractivity contribution in [3.05, 3.63) is 168 Å². The molecule has 0 aromatic heterocycles. The average Bonchev–Trinajstić information content (AvgIpc) is 2.95. The second kappa shape index (κ2) is 19.6. The molecular weight excluding hydrogens is 653 g/mol. The number of hydrogen-bond donors (Lipinski definition) is 0. The molecule has 0 N–H and O–H groups in total. The van der Waals surface area contributed by atoms with Crippen LogP contribution in [0.4, 0.5) is 0 Å². The number of carbonyl (C=O) groups is 2. The Morgan fingerprint density at radius 2 is 0.526 bits per heavy atom. The molecule has 0 saturated carbocycles. The standard InChI is InChI=1S/2C17H14O.2Pd/c2*18-17(13-11-15-7-3-1-4-8-15)14-12-16-9-5-2-6-10-16;;/h2*1-14H;;/b2*13-11+,14-12+;;. The maximum atomic E-state index is 11.6. The van der Waals surface area contributed by atoms with Crippen LogP contribution in [0.2, 0.25) is 0 Å². The summed E-state index contributed by atoms with van der Waals surface area (Å²) in [6.45, 7) is 0. The van der Waals surface area contributed by atoms with Crippen LogP contribution in [-0.4, -0.2) is 11.6 Å². The zero-order valence-electron chi connectivity index (χ0n) is 20.6. The summed E-state index contributed by atoms with van der Waals surface area (Å²) in [6.07, 6.45) is 13.6. The summed E-state index contributed by atoms with van der Waals surface area (Å²) in [6, 6.07) is 39.1. The van der Waals surface area contributed by atoms with E-state index in [1.165, 1.54) is 0 Å². The van der Waals surface area contributed by atoms with Crippen molar-refractivity contribution >= 4 is 35.9 Å². The Hall–Kier alpha value is -3.50. The van der Waals surface area contributed by atoms with E-state index in [1.807, 2.05) is 146 Å². The zero-order chi connectivity index (χ0) is 25.3. The first-order chi connectivity index (χ1) is 17.7. The van der Waals surface area contributed by atoms with Gasteiger partial charge in [-0.15, -0.1) is 0 Å². The van der Waals surface area contributed by atoms with Crippen molar-refractivity contribution in [3.8, 4) is 0 Å². The van der Waals surface area contributed by atoms with Crippen molar-refractivity contribution in [1.29, 1.82) is 0 Å².